The van der Waals surface area contributed by atoms with Gasteiger partial charge in [0.05, 0.1) is 0 Å². The highest BCUT2D eigenvalue weighted by Crippen LogP contribution is 2.17. The van der Waals surface area contributed by atoms with Gasteiger partial charge in [0.25, 0.3) is 5.91 Å². The quantitative estimate of drug-likeness (QED) is 0.831. The molecule has 0 radical (unpaired) electrons. The van der Waals surface area contributed by atoms with Crippen LogP contribution in [0.5, 0.6) is 0 Å². The summed E-state index contributed by atoms with van der Waals surface area (Å²) in [5.74, 6) is -0.683. The highest BCUT2D eigenvalue weighted by molar-refractivity contribution is 9.10. The minimum atomic E-state index is -1.01. The van der Waals surface area contributed by atoms with Crippen molar-refractivity contribution in [2.45, 2.75) is 19.4 Å². The molecule has 0 saturated carbocycles. The first-order valence-corrected chi connectivity index (χ1v) is 7.93. The molecule has 1 aromatic carbocycles. The molecule has 1 amide bonds. The van der Waals surface area contributed by atoms with E-state index in [0.717, 1.165) is 10.0 Å². The van der Waals surface area contributed by atoms with Crippen molar-refractivity contribution in [1.29, 1.82) is 0 Å². The van der Waals surface area contributed by atoms with Gasteiger partial charge in [-0.15, -0.1) is 0 Å². The summed E-state index contributed by atoms with van der Waals surface area (Å²) in [5, 5.41) is 11.6. The minimum Gasteiger partial charge on any atom is -0.480 e. The first-order valence-electron chi connectivity index (χ1n) is 5.74. The number of amides is 1. The van der Waals surface area contributed by atoms with Gasteiger partial charge in [0.15, 0.2) is 0 Å². The van der Waals surface area contributed by atoms with Crippen molar-refractivity contribution in [3.05, 3.63) is 33.8 Å². The van der Waals surface area contributed by atoms with Gasteiger partial charge >= 0.3 is 5.97 Å². The van der Waals surface area contributed by atoms with Crippen molar-refractivity contribution in [3.63, 3.8) is 0 Å². The molecule has 1 rings (SSSR count). The third-order valence-electron chi connectivity index (χ3n) is 2.65. The van der Waals surface area contributed by atoms with Crippen molar-refractivity contribution in [1.82, 2.24) is 5.32 Å². The van der Waals surface area contributed by atoms with Gasteiger partial charge in [0.2, 0.25) is 0 Å². The lowest BCUT2D eigenvalue weighted by atomic mass is 10.1. The fourth-order valence-electron chi connectivity index (χ4n) is 1.47. The Labute approximate surface area is 125 Å². The maximum absolute atomic E-state index is 12.0. The molecule has 0 aliphatic carbocycles. The number of carboxylic acid groups (broad SMARTS) is 1. The van der Waals surface area contributed by atoms with Gasteiger partial charge in [0, 0.05) is 10.0 Å². The minimum absolute atomic E-state index is 0.366. The SMILES string of the molecule is CSCCC(NC(=O)c1ccc(C)c(Br)c1)C(=O)O. The van der Waals surface area contributed by atoms with E-state index in [4.69, 9.17) is 5.11 Å². The molecule has 0 aliphatic rings. The Morgan fingerprint density at radius 3 is 2.68 bits per heavy atom. The van der Waals surface area contributed by atoms with Gasteiger partial charge in [-0.05, 0) is 43.0 Å². The van der Waals surface area contributed by atoms with E-state index in [1.807, 2.05) is 19.2 Å². The number of halogens is 1. The maximum atomic E-state index is 12.0. The summed E-state index contributed by atoms with van der Waals surface area (Å²) in [6.07, 6.45) is 2.31. The Hall–Kier alpha value is -1.01. The number of carbonyl (C=O) groups is 2. The Morgan fingerprint density at radius 2 is 2.16 bits per heavy atom. The predicted octanol–water partition coefficient (Wildman–Crippen LogP) is 2.69. The summed E-state index contributed by atoms with van der Waals surface area (Å²) >= 11 is 4.90. The third-order valence-corrected chi connectivity index (χ3v) is 4.15. The zero-order valence-corrected chi connectivity index (χ0v) is 13.2. The summed E-state index contributed by atoms with van der Waals surface area (Å²) in [5.41, 5.74) is 1.47. The van der Waals surface area contributed by atoms with Crippen molar-refractivity contribution in [3.8, 4) is 0 Å². The molecule has 2 N–H and O–H groups in total. The smallest absolute Gasteiger partial charge is 0.326 e. The van der Waals surface area contributed by atoms with Crippen molar-refractivity contribution in [2.24, 2.45) is 0 Å². The zero-order valence-electron chi connectivity index (χ0n) is 10.8. The largest absolute Gasteiger partial charge is 0.480 e. The number of carbonyl (C=O) groups excluding carboxylic acids is 1. The number of hydrogen-bond acceptors (Lipinski definition) is 3. The van der Waals surface area contributed by atoms with Crippen LogP contribution in [0.4, 0.5) is 0 Å². The summed E-state index contributed by atoms with van der Waals surface area (Å²) in [6, 6.07) is 4.34. The summed E-state index contributed by atoms with van der Waals surface area (Å²) < 4.78 is 0.830. The number of rotatable bonds is 6. The molecule has 1 unspecified atom stereocenters. The fourth-order valence-corrected chi connectivity index (χ4v) is 2.32. The van der Waals surface area contributed by atoms with E-state index >= 15 is 0 Å². The van der Waals surface area contributed by atoms with E-state index in [1.54, 1.807) is 23.9 Å². The van der Waals surface area contributed by atoms with Crippen LogP contribution in [0.1, 0.15) is 22.3 Å². The molecular weight excluding hydrogens is 330 g/mol. The molecule has 4 nitrogen and oxygen atoms in total. The van der Waals surface area contributed by atoms with Gasteiger partial charge in [-0.25, -0.2) is 4.79 Å². The number of carboxylic acids is 1. The van der Waals surface area contributed by atoms with Gasteiger partial charge < -0.3 is 10.4 Å². The van der Waals surface area contributed by atoms with Crippen LogP contribution < -0.4 is 5.32 Å². The Bertz CT molecular complexity index is 479. The second-order valence-corrected chi connectivity index (χ2v) is 5.95. The lowest BCUT2D eigenvalue weighted by molar-refractivity contribution is -0.139. The van der Waals surface area contributed by atoms with Gasteiger partial charge in [-0.3, -0.25) is 4.79 Å². The molecular formula is C13H16BrNO3S. The number of benzene rings is 1. The number of aryl methyl sites for hydroxylation is 1. The van der Waals surface area contributed by atoms with Crippen LogP contribution in [0, 0.1) is 6.92 Å². The molecule has 0 bridgehead atoms. The lowest BCUT2D eigenvalue weighted by Gasteiger charge is -2.14. The number of aliphatic carboxylic acids is 1. The molecule has 0 aromatic heterocycles. The second kappa shape index (κ2) is 7.55. The molecule has 1 atom stereocenters. The van der Waals surface area contributed by atoms with E-state index in [-0.39, 0.29) is 5.91 Å². The first-order chi connectivity index (χ1) is 8.95. The van der Waals surface area contributed by atoms with Crippen LogP contribution in [0.25, 0.3) is 0 Å². The van der Waals surface area contributed by atoms with E-state index in [1.165, 1.54) is 0 Å². The average Bonchev–Trinajstić information content (AvgIpc) is 2.37. The Kier molecular flexibility index (Phi) is 6.37. The van der Waals surface area contributed by atoms with Crippen molar-refractivity contribution < 1.29 is 14.7 Å². The van der Waals surface area contributed by atoms with E-state index in [0.29, 0.717) is 17.7 Å². The lowest BCUT2D eigenvalue weighted by Crippen LogP contribution is -2.41. The molecule has 0 aliphatic heterocycles. The molecule has 6 heteroatoms. The predicted molar refractivity (Wildman–Crippen MR) is 80.8 cm³/mol. The molecule has 0 spiro atoms. The maximum Gasteiger partial charge on any atom is 0.326 e. The fraction of sp³-hybridized carbons (Fsp3) is 0.385. The summed E-state index contributed by atoms with van der Waals surface area (Å²) in [6.45, 7) is 1.92. The monoisotopic (exact) mass is 345 g/mol. The highest BCUT2D eigenvalue weighted by Gasteiger charge is 2.20. The third kappa shape index (κ3) is 4.87. The van der Waals surface area contributed by atoms with Crippen LogP contribution in [0.2, 0.25) is 0 Å². The number of nitrogens with one attached hydrogen (secondary N) is 1. The highest BCUT2D eigenvalue weighted by atomic mass is 79.9. The van der Waals surface area contributed by atoms with Crippen LogP contribution >= 0.6 is 27.7 Å². The Balaban J connectivity index is 2.75. The topological polar surface area (TPSA) is 66.4 Å². The standard InChI is InChI=1S/C13H16BrNO3S/c1-8-3-4-9(7-10(8)14)12(16)15-11(13(17)18)5-6-19-2/h3-4,7,11H,5-6H2,1-2H3,(H,15,16)(H,17,18). The summed E-state index contributed by atoms with van der Waals surface area (Å²) in [4.78, 5) is 23.0. The van der Waals surface area contributed by atoms with E-state index in [2.05, 4.69) is 21.2 Å². The van der Waals surface area contributed by atoms with E-state index < -0.39 is 12.0 Å². The van der Waals surface area contributed by atoms with Gasteiger partial charge in [-0.2, -0.15) is 11.8 Å². The number of thioether (sulfide) groups is 1. The van der Waals surface area contributed by atoms with Gasteiger partial charge in [-0.1, -0.05) is 22.0 Å². The van der Waals surface area contributed by atoms with Crippen LogP contribution in [0.15, 0.2) is 22.7 Å². The van der Waals surface area contributed by atoms with Crippen LogP contribution in [-0.2, 0) is 4.79 Å². The van der Waals surface area contributed by atoms with E-state index in [9.17, 15) is 9.59 Å². The van der Waals surface area contributed by atoms with Crippen LogP contribution in [-0.4, -0.2) is 35.0 Å². The zero-order chi connectivity index (χ0) is 14.4. The van der Waals surface area contributed by atoms with Crippen molar-refractivity contribution in [2.75, 3.05) is 12.0 Å². The van der Waals surface area contributed by atoms with Crippen LogP contribution in [0.3, 0.4) is 0 Å². The molecule has 0 fully saturated rings. The number of hydrogen-bond donors (Lipinski definition) is 2. The molecule has 19 heavy (non-hydrogen) atoms. The summed E-state index contributed by atoms with van der Waals surface area (Å²) in [7, 11) is 0. The average molecular weight is 346 g/mol. The molecule has 0 heterocycles. The molecule has 1 aromatic rings. The normalized spacial score (nSPS) is 11.9. The second-order valence-electron chi connectivity index (χ2n) is 4.11. The van der Waals surface area contributed by atoms with Crippen molar-refractivity contribution >= 4 is 39.6 Å². The Morgan fingerprint density at radius 1 is 1.47 bits per heavy atom. The first kappa shape index (κ1) is 16.0. The molecule has 104 valence electrons. The molecule has 0 saturated heterocycles. The van der Waals surface area contributed by atoms with Gasteiger partial charge in [0.1, 0.15) is 6.04 Å².